The Morgan fingerprint density at radius 2 is 2.09 bits per heavy atom. The van der Waals surface area contributed by atoms with Gasteiger partial charge in [-0.05, 0) is 19.1 Å². The summed E-state index contributed by atoms with van der Waals surface area (Å²) in [6.07, 6.45) is 5.17. The molecule has 7 nitrogen and oxygen atoms in total. The molecule has 0 saturated heterocycles. The minimum atomic E-state index is -0.766. The molecule has 0 fully saturated rings. The largest absolute Gasteiger partial charge is 0.501 e. The van der Waals surface area contributed by atoms with Crippen LogP contribution in [0, 0.1) is 0 Å². The maximum absolute atomic E-state index is 12.3. The minimum Gasteiger partial charge on any atom is -0.501 e. The van der Waals surface area contributed by atoms with Crippen molar-refractivity contribution in [1.29, 1.82) is 0 Å². The first-order valence-corrected chi connectivity index (χ1v) is 6.59. The summed E-state index contributed by atoms with van der Waals surface area (Å²) in [4.78, 5) is 28.2. The monoisotopic (exact) mass is 314 g/mol. The van der Waals surface area contributed by atoms with E-state index < -0.39 is 11.2 Å². The van der Waals surface area contributed by atoms with Gasteiger partial charge in [0.25, 0.3) is 0 Å². The molecule has 0 aliphatic heterocycles. The van der Waals surface area contributed by atoms with Crippen LogP contribution in [0.2, 0.25) is 0 Å². The van der Waals surface area contributed by atoms with Crippen LogP contribution in [0.4, 0.5) is 0 Å². The molecular formula is C16H14N2O5. The molecule has 0 aromatic carbocycles. The van der Waals surface area contributed by atoms with Crippen LogP contribution in [0.3, 0.4) is 0 Å². The van der Waals surface area contributed by atoms with Crippen LogP contribution < -0.4 is 5.43 Å². The number of allylic oxidation sites excluding steroid dienone is 1. The Bertz CT molecular complexity index is 822. The van der Waals surface area contributed by atoms with E-state index >= 15 is 0 Å². The van der Waals surface area contributed by atoms with Gasteiger partial charge in [-0.1, -0.05) is 5.16 Å². The third-order valence-corrected chi connectivity index (χ3v) is 3.02. The number of carbonyl (C=O) groups excluding carboxylic acids is 1. The number of aromatic nitrogens is 1. The lowest BCUT2D eigenvalue weighted by Crippen LogP contribution is -2.17. The number of ether oxygens (including phenoxy) is 1. The molecule has 118 valence electrons. The lowest BCUT2D eigenvalue weighted by Gasteiger charge is -2.07. The highest BCUT2D eigenvalue weighted by molar-refractivity contribution is 6.35. The first-order chi connectivity index (χ1) is 11.1. The van der Waals surface area contributed by atoms with E-state index in [1.54, 1.807) is 31.5 Å². The molecule has 0 spiro atoms. The SMILES string of the molecule is CO/C(C)=C/c1oc(-c2ccncc2)cc(=O)c1C(=O)C=NO. The van der Waals surface area contributed by atoms with Crippen LogP contribution >= 0.6 is 0 Å². The molecule has 2 aromatic heterocycles. The third kappa shape index (κ3) is 3.70. The smallest absolute Gasteiger partial charge is 0.215 e. The fraction of sp³-hybridized carbons (Fsp3) is 0.125. The maximum atomic E-state index is 12.3. The first kappa shape index (κ1) is 16.2. The molecule has 7 heteroatoms. The van der Waals surface area contributed by atoms with E-state index in [2.05, 4.69) is 10.1 Å². The number of Topliss-reactive ketones (excluding diaryl/α,β-unsaturated/α-hetero) is 1. The maximum Gasteiger partial charge on any atom is 0.215 e. The number of oxime groups is 1. The van der Waals surface area contributed by atoms with Crippen molar-refractivity contribution in [3.8, 4) is 11.3 Å². The van der Waals surface area contributed by atoms with Gasteiger partial charge in [-0.25, -0.2) is 0 Å². The van der Waals surface area contributed by atoms with Crippen LogP contribution in [0.15, 0.2) is 50.7 Å². The number of carbonyl (C=O) groups is 1. The highest BCUT2D eigenvalue weighted by Gasteiger charge is 2.18. The number of hydrogen-bond donors (Lipinski definition) is 1. The van der Waals surface area contributed by atoms with Crippen molar-refractivity contribution in [1.82, 2.24) is 4.98 Å². The zero-order valence-electron chi connectivity index (χ0n) is 12.5. The third-order valence-electron chi connectivity index (χ3n) is 3.02. The van der Waals surface area contributed by atoms with Crippen molar-refractivity contribution in [2.75, 3.05) is 7.11 Å². The molecule has 0 bridgehead atoms. The lowest BCUT2D eigenvalue weighted by molar-refractivity contribution is 0.106. The van der Waals surface area contributed by atoms with E-state index in [0.29, 0.717) is 17.5 Å². The molecular weight excluding hydrogens is 300 g/mol. The molecule has 0 atom stereocenters. The summed E-state index contributed by atoms with van der Waals surface area (Å²) >= 11 is 0. The van der Waals surface area contributed by atoms with E-state index in [0.717, 1.165) is 0 Å². The van der Waals surface area contributed by atoms with E-state index in [9.17, 15) is 9.59 Å². The number of hydrogen-bond acceptors (Lipinski definition) is 7. The molecule has 0 unspecified atom stereocenters. The average Bonchev–Trinajstić information content (AvgIpc) is 2.55. The number of pyridine rings is 1. The highest BCUT2D eigenvalue weighted by atomic mass is 16.5. The Hall–Kier alpha value is -3.22. The Kier molecular flexibility index (Phi) is 5.03. The van der Waals surface area contributed by atoms with Gasteiger partial charge in [-0.15, -0.1) is 0 Å². The summed E-state index contributed by atoms with van der Waals surface area (Å²) in [7, 11) is 1.45. The van der Waals surface area contributed by atoms with Gasteiger partial charge in [0.1, 0.15) is 23.3 Å². The first-order valence-electron chi connectivity index (χ1n) is 6.59. The molecule has 0 saturated carbocycles. The number of rotatable bonds is 5. The van der Waals surface area contributed by atoms with Crippen LogP contribution in [0.25, 0.3) is 17.4 Å². The van der Waals surface area contributed by atoms with Gasteiger partial charge in [-0.3, -0.25) is 14.6 Å². The number of ketones is 1. The van der Waals surface area contributed by atoms with Crippen molar-refractivity contribution in [2.24, 2.45) is 5.16 Å². The zero-order chi connectivity index (χ0) is 16.8. The Morgan fingerprint density at radius 1 is 1.39 bits per heavy atom. The van der Waals surface area contributed by atoms with E-state index in [4.69, 9.17) is 14.4 Å². The summed E-state index contributed by atoms with van der Waals surface area (Å²) in [5.74, 6) is -0.0219. The van der Waals surface area contributed by atoms with Gasteiger partial charge in [0.2, 0.25) is 5.78 Å². The van der Waals surface area contributed by atoms with Crippen LogP contribution in [0.5, 0.6) is 0 Å². The number of nitrogens with zero attached hydrogens (tertiary/aromatic N) is 2. The summed E-state index contributed by atoms with van der Waals surface area (Å²) in [6, 6.07) is 4.55. The van der Waals surface area contributed by atoms with E-state index in [-0.39, 0.29) is 17.1 Å². The number of methoxy groups -OCH3 is 1. The molecule has 1 N–H and O–H groups in total. The summed E-state index contributed by atoms with van der Waals surface area (Å²) < 4.78 is 10.7. The van der Waals surface area contributed by atoms with Gasteiger partial charge in [-0.2, -0.15) is 0 Å². The molecule has 2 rings (SSSR count). The highest BCUT2D eigenvalue weighted by Crippen LogP contribution is 2.21. The second kappa shape index (κ2) is 7.17. The molecule has 23 heavy (non-hydrogen) atoms. The van der Waals surface area contributed by atoms with Crippen molar-refractivity contribution in [2.45, 2.75) is 6.92 Å². The molecule has 0 aliphatic carbocycles. The van der Waals surface area contributed by atoms with Crippen LogP contribution in [-0.4, -0.2) is 29.3 Å². The molecule has 0 aliphatic rings. The quantitative estimate of drug-likeness (QED) is 0.299. The fourth-order valence-electron chi connectivity index (χ4n) is 1.88. The van der Waals surface area contributed by atoms with Gasteiger partial charge < -0.3 is 14.4 Å². The lowest BCUT2D eigenvalue weighted by atomic mass is 10.1. The molecule has 2 aromatic rings. The van der Waals surface area contributed by atoms with Crippen molar-refractivity contribution >= 4 is 18.1 Å². The second-order valence-electron chi connectivity index (χ2n) is 4.52. The normalized spacial score (nSPS) is 11.7. The minimum absolute atomic E-state index is 0.0218. The van der Waals surface area contributed by atoms with Crippen molar-refractivity contribution in [3.63, 3.8) is 0 Å². The topological polar surface area (TPSA) is 102 Å². The molecule has 0 radical (unpaired) electrons. The predicted octanol–water partition coefficient (Wildman–Crippen LogP) is 2.35. The van der Waals surface area contributed by atoms with E-state index in [1.807, 2.05) is 0 Å². The second-order valence-corrected chi connectivity index (χ2v) is 4.52. The summed E-state index contributed by atoms with van der Waals surface area (Å²) in [5, 5.41) is 11.2. The van der Waals surface area contributed by atoms with Gasteiger partial charge in [0.15, 0.2) is 5.43 Å². The Labute approximate surface area is 131 Å². The Morgan fingerprint density at radius 3 is 2.70 bits per heavy atom. The van der Waals surface area contributed by atoms with E-state index in [1.165, 1.54) is 19.3 Å². The molecule has 0 amide bonds. The van der Waals surface area contributed by atoms with Crippen LogP contribution in [-0.2, 0) is 4.74 Å². The fourth-order valence-corrected chi connectivity index (χ4v) is 1.88. The van der Waals surface area contributed by atoms with Gasteiger partial charge in [0.05, 0.1) is 12.9 Å². The van der Waals surface area contributed by atoms with Gasteiger partial charge in [0, 0.05) is 30.1 Å². The Balaban J connectivity index is 2.69. The van der Waals surface area contributed by atoms with Crippen molar-refractivity contribution < 1.29 is 19.2 Å². The summed E-state index contributed by atoms with van der Waals surface area (Å²) in [6.45, 7) is 1.65. The zero-order valence-corrected chi connectivity index (χ0v) is 12.5. The molecule has 2 heterocycles. The van der Waals surface area contributed by atoms with Crippen LogP contribution in [0.1, 0.15) is 23.0 Å². The summed E-state index contributed by atoms with van der Waals surface area (Å²) in [5.41, 5.74) is -0.156. The van der Waals surface area contributed by atoms with Crippen molar-refractivity contribution in [3.05, 3.63) is 57.9 Å². The van der Waals surface area contributed by atoms with Gasteiger partial charge >= 0.3 is 0 Å². The average molecular weight is 314 g/mol. The predicted molar refractivity (Wildman–Crippen MR) is 83.5 cm³/mol. The standard InChI is InChI=1S/C16H14N2O5/c1-10(22-2)7-15-16(13(20)9-18-21)12(19)8-14(23-15)11-3-5-17-6-4-11/h3-9,21H,1-2H3/b10-7+,18-9?.